The highest BCUT2D eigenvalue weighted by molar-refractivity contribution is 7.92. The van der Waals surface area contributed by atoms with Crippen molar-refractivity contribution >= 4 is 50.7 Å². The number of aryl methyl sites for hydroxylation is 1. The van der Waals surface area contributed by atoms with Gasteiger partial charge in [-0.15, -0.1) is 0 Å². The Morgan fingerprint density at radius 2 is 1.59 bits per heavy atom. The van der Waals surface area contributed by atoms with Gasteiger partial charge in [0.25, 0.3) is 10.0 Å². The molecule has 0 saturated carbocycles. The van der Waals surface area contributed by atoms with Crippen molar-refractivity contribution in [3.63, 3.8) is 0 Å². The molecule has 1 atom stereocenters. The lowest BCUT2D eigenvalue weighted by atomic mass is 10.1. The molecule has 12 heteroatoms. The van der Waals surface area contributed by atoms with Gasteiger partial charge in [-0.05, 0) is 61.7 Å². The first-order chi connectivity index (χ1) is 21.0. The number of hydrogen-bond acceptors (Lipinski definition) is 6. The third kappa shape index (κ3) is 8.58. The van der Waals surface area contributed by atoms with Crippen molar-refractivity contribution in [1.82, 2.24) is 10.2 Å². The van der Waals surface area contributed by atoms with Crippen molar-refractivity contribution < 1.29 is 27.5 Å². The summed E-state index contributed by atoms with van der Waals surface area (Å²) in [6.45, 7) is 5.60. The maximum Gasteiger partial charge on any atom is 0.264 e. The first-order valence-corrected chi connectivity index (χ1v) is 16.5. The van der Waals surface area contributed by atoms with Crippen LogP contribution in [0.15, 0.2) is 65.6 Å². The molecule has 238 valence electrons. The molecule has 0 unspecified atom stereocenters. The van der Waals surface area contributed by atoms with Gasteiger partial charge in [0.1, 0.15) is 12.6 Å². The molecule has 0 fully saturated rings. The Hall–Kier alpha value is -3.47. The van der Waals surface area contributed by atoms with Gasteiger partial charge >= 0.3 is 0 Å². The first kappa shape index (κ1) is 35.0. The van der Waals surface area contributed by atoms with E-state index in [9.17, 15) is 18.0 Å². The number of ether oxygens (including phenoxy) is 2. The number of carbonyl (C=O) groups excluding carboxylic acids is 2. The van der Waals surface area contributed by atoms with E-state index in [2.05, 4.69) is 5.32 Å². The third-order valence-electron chi connectivity index (χ3n) is 7.10. The largest absolute Gasteiger partial charge is 0.493 e. The molecular weight excluding hydrogens is 625 g/mol. The predicted molar refractivity (Wildman–Crippen MR) is 174 cm³/mol. The number of amides is 2. The maximum atomic E-state index is 14.2. The summed E-state index contributed by atoms with van der Waals surface area (Å²) in [5, 5.41) is 3.56. The molecule has 0 saturated heterocycles. The Bertz CT molecular complexity index is 1550. The topological polar surface area (TPSA) is 105 Å². The van der Waals surface area contributed by atoms with Gasteiger partial charge < -0.3 is 19.7 Å². The molecule has 3 aromatic carbocycles. The van der Waals surface area contributed by atoms with Crippen molar-refractivity contribution in [3.05, 3.63) is 81.8 Å². The summed E-state index contributed by atoms with van der Waals surface area (Å²) in [5.74, 6) is -0.311. The second kappa shape index (κ2) is 16.0. The van der Waals surface area contributed by atoms with Crippen LogP contribution in [0.3, 0.4) is 0 Å². The molecule has 0 bridgehead atoms. The lowest BCUT2D eigenvalue weighted by molar-refractivity contribution is -0.140. The van der Waals surface area contributed by atoms with Crippen LogP contribution >= 0.6 is 23.2 Å². The molecule has 0 heterocycles. The van der Waals surface area contributed by atoms with Crippen molar-refractivity contribution in [1.29, 1.82) is 0 Å². The zero-order valence-corrected chi connectivity index (χ0v) is 27.9. The number of benzene rings is 3. The summed E-state index contributed by atoms with van der Waals surface area (Å²) >= 11 is 12.4. The van der Waals surface area contributed by atoms with Gasteiger partial charge in [-0.25, -0.2) is 8.42 Å². The maximum absolute atomic E-state index is 14.2. The first-order valence-electron chi connectivity index (χ1n) is 14.3. The average Bonchev–Trinajstić information content (AvgIpc) is 3.01. The third-order valence-corrected chi connectivity index (χ3v) is 9.61. The SMILES string of the molecule is CCCCNC(=O)[C@H](CC)N(Cc1ccc(Cl)c(Cl)c1)C(=O)CN(c1ccc(C)cc1)S(=O)(=O)c1ccc(OC)c(OC)c1. The van der Waals surface area contributed by atoms with Gasteiger partial charge in [0, 0.05) is 19.2 Å². The molecule has 0 spiro atoms. The molecule has 0 aromatic heterocycles. The monoisotopic (exact) mass is 663 g/mol. The Balaban J connectivity index is 2.09. The van der Waals surface area contributed by atoms with E-state index in [1.807, 2.05) is 13.8 Å². The number of hydrogen-bond donors (Lipinski definition) is 1. The molecule has 0 aliphatic carbocycles. The number of sulfonamides is 1. The van der Waals surface area contributed by atoms with E-state index in [4.69, 9.17) is 32.7 Å². The number of unbranched alkanes of at least 4 members (excludes halogenated alkanes) is 1. The van der Waals surface area contributed by atoms with Gasteiger partial charge in [0.15, 0.2) is 11.5 Å². The highest BCUT2D eigenvalue weighted by Gasteiger charge is 2.34. The number of nitrogens with zero attached hydrogens (tertiary/aromatic N) is 2. The number of halogens is 2. The quantitative estimate of drug-likeness (QED) is 0.193. The Kier molecular flexibility index (Phi) is 12.7. The summed E-state index contributed by atoms with van der Waals surface area (Å²) in [6, 6.07) is 15.1. The number of methoxy groups -OCH3 is 2. The van der Waals surface area contributed by atoms with E-state index in [-0.39, 0.29) is 28.8 Å². The van der Waals surface area contributed by atoms with Crippen molar-refractivity contribution in [2.75, 3.05) is 31.6 Å². The van der Waals surface area contributed by atoms with Crippen LogP contribution in [0.1, 0.15) is 44.2 Å². The van der Waals surface area contributed by atoms with Gasteiger partial charge in [-0.1, -0.05) is 67.2 Å². The van der Waals surface area contributed by atoms with Crippen LogP contribution in [-0.2, 0) is 26.2 Å². The molecule has 2 amide bonds. The van der Waals surface area contributed by atoms with Crippen LogP contribution < -0.4 is 19.1 Å². The average molecular weight is 665 g/mol. The van der Waals surface area contributed by atoms with Crippen LogP contribution in [0.25, 0.3) is 0 Å². The molecule has 0 aliphatic heterocycles. The van der Waals surface area contributed by atoms with E-state index in [0.29, 0.717) is 34.3 Å². The molecule has 3 aromatic rings. The minimum absolute atomic E-state index is 0.00751. The summed E-state index contributed by atoms with van der Waals surface area (Å²) in [6.07, 6.45) is 1.98. The van der Waals surface area contributed by atoms with E-state index in [1.54, 1.807) is 49.4 Å². The lowest BCUT2D eigenvalue weighted by Gasteiger charge is -2.33. The molecule has 0 radical (unpaired) electrons. The van der Waals surface area contributed by atoms with Crippen molar-refractivity contribution in [3.8, 4) is 11.5 Å². The number of nitrogens with one attached hydrogen (secondary N) is 1. The summed E-state index contributed by atoms with van der Waals surface area (Å²) < 4.78 is 40.0. The van der Waals surface area contributed by atoms with Crippen LogP contribution in [0.5, 0.6) is 11.5 Å². The number of rotatable bonds is 15. The Morgan fingerprint density at radius 3 is 2.18 bits per heavy atom. The summed E-state index contributed by atoms with van der Waals surface area (Å²) in [7, 11) is -1.44. The highest BCUT2D eigenvalue weighted by Crippen LogP contribution is 2.33. The number of anilines is 1. The van der Waals surface area contributed by atoms with Crippen LogP contribution in [0.2, 0.25) is 10.0 Å². The van der Waals surface area contributed by atoms with E-state index in [1.165, 1.54) is 37.3 Å². The highest BCUT2D eigenvalue weighted by atomic mass is 35.5. The Morgan fingerprint density at radius 1 is 0.909 bits per heavy atom. The van der Waals surface area contributed by atoms with E-state index in [0.717, 1.165) is 22.7 Å². The Labute approximate surface area is 270 Å². The fourth-order valence-electron chi connectivity index (χ4n) is 4.60. The second-order valence-electron chi connectivity index (χ2n) is 10.2. The van der Waals surface area contributed by atoms with Gasteiger partial charge in [-0.2, -0.15) is 0 Å². The molecule has 44 heavy (non-hydrogen) atoms. The zero-order valence-electron chi connectivity index (χ0n) is 25.6. The van der Waals surface area contributed by atoms with Crippen LogP contribution in [-0.4, -0.2) is 58.5 Å². The smallest absolute Gasteiger partial charge is 0.264 e. The van der Waals surface area contributed by atoms with E-state index >= 15 is 0 Å². The zero-order chi connectivity index (χ0) is 32.4. The standard InChI is InChI=1S/C32H39Cl2N3O6S/c1-6-8-17-35-32(39)28(7-2)36(20-23-11-15-26(33)27(34)18-23)31(38)21-37(24-12-9-22(3)10-13-24)44(40,41)25-14-16-29(42-4)30(19-25)43-5/h9-16,18-19,28H,6-8,17,20-21H2,1-5H3,(H,35,39)/t28-/m0/s1. The summed E-state index contributed by atoms with van der Waals surface area (Å²) in [5.41, 5.74) is 1.84. The molecule has 1 N–H and O–H groups in total. The van der Waals surface area contributed by atoms with Gasteiger partial charge in [-0.3, -0.25) is 13.9 Å². The van der Waals surface area contributed by atoms with Crippen molar-refractivity contribution in [2.24, 2.45) is 0 Å². The lowest BCUT2D eigenvalue weighted by Crippen LogP contribution is -2.52. The van der Waals surface area contributed by atoms with Gasteiger partial charge in [0.05, 0.1) is 34.8 Å². The predicted octanol–water partition coefficient (Wildman–Crippen LogP) is 6.24. The molecule has 3 rings (SSSR count). The fraction of sp³-hybridized carbons (Fsp3) is 0.375. The molecule has 0 aliphatic rings. The van der Waals surface area contributed by atoms with Crippen molar-refractivity contribution in [2.45, 2.75) is 57.5 Å². The van der Waals surface area contributed by atoms with Gasteiger partial charge in [0.2, 0.25) is 11.8 Å². The summed E-state index contributed by atoms with van der Waals surface area (Å²) in [4.78, 5) is 28.9. The van der Waals surface area contributed by atoms with Crippen LogP contribution in [0.4, 0.5) is 5.69 Å². The van der Waals surface area contributed by atoms with Crippen LogP contribution in [0, 0.1) is 6.92 Å². The number of carbonyl (C=O) groups is 2. The minimum atomic E-state index is -4.30. The molecule has 9 nitrogen and oxygen atoms in total. The minimum Gasteiger partial charge on any atom is -0.493 e. The normalized spacial score (nSPS) is 11.9. The second-order valence-corrected chi connectivity index (χ2v) is 12.9. The fourth-order valence-corrected chi connectivity index (χ4v) is 6.36. The van der Waals surface area contributed by atoms with E-state index < -0.39 is 28.5 Å². The molecular formula is C32H39Cl2N3O6S.